The molecule has 5 rings (SSSR count). The van der Waals surface area contributed by atoms with E-state index in [-0.39, 0.29) is 6.42 Å². The van der Waals surface area contributed by atoms with Gasteiger partial charge in [-0.3, -0.25) is 9.69 Å². The maximum Gasteiger partial charge on any atom is 0.304 e. The van der Waals surface area contributed by atoms with Crippen molar-refractivity contribution >= 4 is 23.0 Å². The highest BCUT2D eigenvalue weighted by Crippen LogP contribution is 2.32. The van der Waals surface area contributed by atoms with Crippen LogP contribution in [0.1, 0.15) is 66.1 Å². The Bertz CT molecular complexity index is 1330. The van der Waals surface area contributed by atoms with Gasteiger partial charge in [-0.15, -0.1) is 11.3 Å². The summed E-state index contributed by atoms with van der Waals surface area (Å²) in [7, 11) is 0. The minimum Gasteiger partial charge on any atom is -0.481 e. The van der Waals surface area contributed by atoms with Gasteiger partial charge in [-0.25, -0.2) is 4.98 Å². The van der Waals surface area contributed by atoms with Gasteiger partial charge in [0.25, 0.3) is 0 Å². The number of carbonyl (C=O) groups is 1. The van der Waals surface area contributed by atoms with E-state index in [0.29, 0.717) is 19.6 Å². The van der Waals surface area contributed by atoms with Crippen LogP contribution in [0.15, 0.2) is 84.2 Å². The van der Waals surface area contributed by atoms with Gasteiger partial charge in [-0.2, -0.15) is 0 Å². The second kappa shape index (κ2) is 14.2. The molecule has 1 saturated carbocycles. The number of nitrogens with zero attached hydrogens (tertiary/aromatic N) is 2. The van der Waals surface area contributed by atoms with Crippen LogP contribution < -0.4 is 5.32 Å². The van der Waals surface area contributed by atoms with Crippen molar-refractivity contribution in [3.63, 3.8) is 0 Å². The van der Waals surface area contributed by atoms with Crippen LogP contribution in [0, 0.1) is 0 Å². The van der Waals surface area contributed by atoms with Gasteiger partial charge >= 0.3 is 5.97 Å². The van der Waals surface area contributed by atoms with Crippen molar-refractivity contribution < 1.29 is 9.90 Å². The Hall–Kier alpha value is -3.48. The molecule has 1 aliphatic carbocycles. The molecular weight excluding hydrogens is 514 g/mol. The average Bonchev–Trinajstić information content (AvgIpc) is 3.46. The van der Waals surface area contributed by atoms with Gasteiger partial charge in [0.05, 0.1) is 18.7 Å². The second-order valence-electron chi connectivity index (χ2n) is 10.8. The summed E-state index contributed by atoms with van der Waals surface area (Å²) in [5.41, 5.74) is 7.23. The third-order valence-corrected chi connectivity index (χ3v) is 8.61. The van der Waals surface area contributed by atoms with Crippen molar-refractivity contribution in [1.29, 1.82) is 0 Å². The van der Waals surface area contributed by atoms with Gasteiger partial charge in [-0.1, -0.05) is 86.0 Å². The maximum atomic E-state index is 11.2. The van der Waals surface area contributed by atoms with Crippen LogP contribution in [0.3, 0.4) is 0 Å². The van der Waals surface area contributed by atoms with E-state index >= 15 is 0 Å². The van der Waals surface area contributed by atoms with Crippen LogP contribution in [-0.4, -0.2) is 34.0 Å². The lowest BCUT2D eigenvalue weighted by Crippen LogP contribution is -2.25. The Morgan fingerprint density at radius 2 is 1.65 bits per heavy atom. The number of rotatable bonds is 13. The van der Waals surface area contributed by atoms with E-state index in [1.165, 1.54) is 48.8 Å². The van der Waals surface area contributed by atoms with Gasteiger partial charge < -0.3 is 10.4 Å². The first-order valence-electron chi connectivity index (χ1n) is 14.5. The van der Waals surface area contributed by atoms with E-state index < -0.39 is 5.97 Å². The van der Waals surface area contributed by atoms with E-state index in [2.05, 4.69) is 76.3 Å². The number of benzene rings is 3. The third kappa shape index (κ3) is 8.26. The van der Waals surface area contributed by atoms with Crippen molar-refractivity contribution in [3.05, 3.63) is 106 Å². The van der Waals surface area contributed by atoms with Crippen LogP contribution in [-0.2, 0) is 24.3 Å². The Balaban J connectivity index is 1.12. The Morgan fingerprint density at radius 3 is 2.38 bits per heavy atom. The SMILES string of the molecule is O=C(O)CCN(Cc1ccccc1)Cc1nc(-c2ccc(NCCc3ccc(C4CCCCC4)cc3)cc2)cs1. The predicted molar refractivity (Wildman–Crippen MR) is 165 cm³/mol. The van der Waals surface area contributed by atoms with Crippen LogP contribution in [0.4, 0.5) is 5.69 Å². The summed E-state index contributed by atoms with van der Waals surface area (Å²) < 4.78 is 0. The highest BCUT2D eigenvalue weighted by Gasteiger charge is 2.15. The lowest BCUT2D eigenvalue weighted by Gasteiger charge is -2.22. The molecule has 0 saturated heterocycles. The summed E-state index contributed by atoms with van der Waals surface area (Å²) in [4.78, 5) is 18.2. The Labute approximate surface area is 241 Å². The number of nitrogens with one attached hydrogen (secondary N) is 1. The molecule has 5 nitrogen and oxygen atoms in total. The minimum absolute atomic E-state index is 0.116. The molecule has 1 heterocycles. The van der Waals surface area contributed by atoms with Crippen molar-refractivity contribution in [2.24, 2.45) is 0 Å². The summed E-state index contributed by atoms with van der Waals surface area (Å²) in [5, 5.41) is 15.8. The van der Waals surface area contributed by atoms with Gasteiger partial charge in [-0.05, 0) is 54.0 Å². The van der Waals surface area contributed by atoms with Crippen LogP contribution in [0.2, 0.25) is 0 Å². The third-order valence-electron chi connectivity index (χ3n) is 7.78. The molecular formula is C34H39N3O2S. The zero-order chi connectivity index (χ0) is 27.6. The number of aliphatic carboxylic acids is 1. The largest absolute Gasteiger partial charge is 0.481 e. The van der Waals surface area contributed by atoms with Crippen molar-refractivity contribution in [3.8, 4) is 11.3 Å². The summed E-state index contributed by atoms with van der Waals surface area (Å²) in [6, 6.07) is 27.9. The number of anilines is 1. The van der Waals surface area contributed by atoms with Crippen molar-refractivity contribution in [2.45, 2.75) is 64.0 Å². The van der Waals surface area contributed by atoms with Gasteiger partial charge in [0, 0.05) is 36.3 Å². The number of hydrogen-bond acceptors (Lipinski definition) is 5. The molecule has 2 N–H and O–H groups in total. The molecule has 40 heavy (non-hydrogen) atoms. The van der Waals surface area contributed by atoms with E-state index in [1.54, 1.807) is 11.3 Å². The van der Waals surface area contributed by atoms with Crippen LogP contribution >= 0.6 is 11.3 Å². The fourth-order valence-corrected chi connectivity index (χ4v) is 6.36. The number of hydrogen-bond donors (Lipinski definition) is 2. The molecule has 1 fully saturated rings. The molecule has 0 bridgehead atoms. The highest BCUT2D eigenvalue weighted by molar-refractivity contribution is 7.09. The topological polar surface area (TPSA) is 65.5 Å². The zero-order valence-corrected chi connectivity index (χ0v) is 23.9. The van der Waals surface area contributed by atoms with Crippen LogP contribution in [0.5, 0.6) is 0 Å². The molecule has 6 heteroatoms. The first-order chi connectivity index (χ1) is 19.6. The molecule has 1 aromatic heterocycles. The number of carboxylic acids is 1. The van der Waals surface area contributed by atoms with E-state index in [1.807, 2.05) is 18.2 Å². The fourth-order valence-electron chi connectivity index (χ4n) is 5.52. The lowest BCUT2D eigenvalue weighted by atomic mass is 9.84. The molecule has 208 valence electrons. The Morgan fingerprint density at radius 1 is 0.900 bits per heavy atom. The van der Waals surface area contributed by atoms with E-state index in [4.69, 9.17) is 4.98 Å². The summed E-state index contributed by atoms with van der Waals surface area (Å²) >= 11 is 1.63. The quantitative estimate of drug-likeness (QED) is 0.176. The number of carboxylic acid groups (broad SMARTS) is 1. The molecule has 0 atom stereocenters. The summed E-state index contributed by atoms with van der Waals surface area (Å²) in [6.45, 7) is 2.73. The molecule has 4 aromatic rings. The normalized spacial score (nSPS) is 13.9. The molecule has 1 aliphatic rings. The minimum atomic E-state index is -0.779. The highest BCUT2D eigenvalue weighted by atomic mass is 32.1. The Kier molecular flexibility index (Phi) is 9.99. The number of aromatic nitrogens is 1. The van der Waals surface area contributed by atoms with Gasteiger partial charge in [0.1, 0.15) is 5.01 Å². The molecule has 3 aromatic carbocycles. The molecule has 0 unspecified atom stereocenters. The second-order valence-corrected chi connectivity index (χ2v) is 11.7. The molecule has 0 aliphatic heterocycles. The average molecular weight is 554 g/mol. The predicted octanol–water partition coefficient (Wildman–Crippen LogP) is 7.99. The standard InChI is InChI=1S/C34H39N3O2S/c38-34(39)20-22-37(23-27-7-3-1-4-8-27)24-33-36-32(25-40-33)30-15-17-31(18-16-30)35-21-19-26-11-13-29(14-12-26)28-9-5-2-6-10-28/h1,3-4,7-8,11-18,25,28,35H,2,5-6,9-10,19-24H2,(H,38,39). The maximum absolute atomic E-state index is 11.2. The number of thiazole rings is 1. The first-order valence-corrected chi connectivity index (χ1v) is 15.4. The fraction of sp³-hybridized carbons (Fsp3) is 0.353. The van der Waals surface area contributed by atoms with E-state index in [0.717, 1.165) is 40.8 Å². The van der Waals surface area contributed by atoms with E-state index in [9.17, 15) is 9.90 Å². The zero-order valence-electron chi connectivity index (χ0n) is 23.1. The van der Waals surface area contributed by atoms with Gasteiger partial charge in [0.2, 0.25) is 0 Å². The first kappa shape index (κ1) is 28.1. The van der Waals surface area contributed by atoms with Crippen LogP contribution in [0.25, 0.3) is 11.3 Å². The monoisotopic (exact) mass is 553 g/mol. The smallest absolute Gasteiger partial charge is 0.304 e. The van der Waals surface area contributed by atoms with Crippen molar-refractivity contribution in [1.82, 2.24) is 9.88 Å². The molecule has 0 amide bonds. The summed E-state index contributed by atoms with van der Waals surface area (Å²) in [5.74, 6) is -0.0162. The summed E-state index contributed by atoms with van der Waals surface area (Å²) in [6.07, 6.45) is 7.96. The van der Waals surface area contributed by atoms with Crippen molar-refractivity contribution in [2.75, 3.05) is 18.4 Å². The van der Waals surface area contributed by atoms with Gasteiger partial charge in [0.15, 0.2) is 0 Å². The lowest BCUT2D eigenvalue weighted by molar-refractivity contribution is -0.137. The molecule has 0 radical (unpaired) electrons. The molecule has 0 spiro atoms.